The Balaban J connectivity index is 0.00000242. The van der Waals surface area contributed by atoms with Crippen LogP contribution in [0.15, 0.2) is 35.5 Å². The van der Waals surface area contributed by atoms with Gasteiger partial charge in [0.25, 0.3) is 0 Å². The number of benzene rings is 1. The topological polar surface area (TPSA) is 37.8 Å². The number of nitrogens with zero attached hydrogens (tertiary/aromatic N) is 2. The fourth-order valence-electron chi connectivity index (χ4n) is 2.06. The van der Waals surface area contributed by atoms with Crippen molar-refractivity contribution < 1.29 is 0 Å². The van der Waals surface area contributed by atoms with Gasteiger partial charge in [-0.1, -0.05) is 41.6 Å². The number of hydrogen-bond donors (Lipinski definition) is 1. The Hall–Kier alpha value is -0.810. The molecule has 2 rings (SSSR count). The summed E-state index contributed by atoms with van der Waals surface area (Å²) in [7, 11) is 0. The molecule has 1 heterocycles. The number of aryl methyl sites for hydroxylation is 3. The fraction of sp³-hybridized carbons (Fsp3) is 0.412. The van der Waals surface area contributed by atoms with Gasteiger partial charge in [-0.25, -0.2) is 9.97 Å². The first kappa shape index (κ1) is 22.2. The van der Waals surface area contributed by atoms with Crippen LogP contribution < -0.4 is 5.32 Å². The Morgan fingerprint density at radius 3 is 2.17 bits per heavy atom. The first-order valence-electron chi connectivity index (χ1n) is 7.35. The van der Waals surface area contributed by atoms with Gasteiger partial charge in [-0.2, -0.15) is 0 Å². The lowest BCUT2D eigenvalue weighted by Gasteiger charge is -2.06. The van der Waals surface area contributed by atoms with E-state index >= 15 is 0 Å². The van der Waals surface area contributed by atoms with E-state index < -0.39 is 0 Å². The van der Waals surface area contributed by atoms with Crippen LogP contribution in [0.5, 0.6) is 0 Å². The second-order valence-electron chi connectivity index (χ2n) is 5.30. The molecule has 6 heteroatoms. The van der Waals surface area contributed by atoms with Gasteiger partial charge in [0.05, 0.1) is 0 Å². The molecule has 1 aromatic heterocycles. The van der Waals surface area contributed by atoms with Crippen molar-refractivity contribution in [3.05, 3.63) is 52.8 Å². The van der Waals surface area contributed by atoms with Crippen molar-refractivity contribution in [2.24, 2.45) is 0 Å². The number of halogens is 2. The highest BCUT2D eigenvalue weighted by Crippen LogP contribution is 2.14. The quantitative estimate of drug-likeness (QED) is 0.439. The zero-order chi connectivity index (χ0) is 15.1. The molecular weight excluding hydrogens is 349 g/mol. The Bertz CT molecular complexity index is 556. The molecule has 2 aromatic rings. The standard InChI is InChI=1S/C17H23N3S.2ClH/c1-13-5-7-16(8-6-13)12-18-9-4-10-21-17-19-14(2)11-15(3)20-17;;/h5-8,11,18H,4,9-10,12H2,1-3H3;2*1H. The minimum absolute atomic E-state index is 0. The maximum atomic E-state index is 4.44. The van der Waals surface area contributed by atoms with Crippen LogP contribution in [0.25, 0.3) is 0 Å². The second-order valence-corrected chi connectivity index (χ2v) is 6.36. The third-order valence-corrected chi connectivity index (χ3v) is 4.07. The molecule has 3 nitrogen and oxygen atoms in total. The molecule has 0 unspecified atom stereocenters. The highest BCUT2D eigenvalue weighted by atomic mass is 35.5. The van der Waals surface area contributed by atoms with Crippen LogP contribution in [0.1, 0.15) is 28.9 Å². The molecular formula is C17H25Cl2N3S. The van der Waals surface area contributed by atoms with Gasteiger partial charge in [0.1, 0.15) is 0 Å². The van der Waals surface area contributed by atoms with Crippen molar-refractivity contribution in [1.29, 1.82) is 0 Å². The molecule has 0 saturated heterocycles. The van der Waals surface area contributed by atoms with Crippen molar-refractivity contribution in [3.8, 4) is 0 Å². The molecule has 0 amide bonds. The molecule has 128 valence electrons. The highest BCUT2D eigenvalue weighted by molar-refractivity contribution is 7.99. The predicted molar refractivity (Wildman–Crippen MR) is 104 cm³/mol. The van der Waals surface area contributed by atoms with Crippen molar-refractivity contribution in [2.45, 2.75) is 38.9 Å². The Morgan fingerprint density at radius 1 is 0.957 bits per heavy atom. The van der Waals surface area contributed by atoms with Crippen LogP contribution in [0.3, 0.4) is 0 Å². The van der Waals surface area contributed by atoms with Crippen molar-refractivity contribution in [3.63, 3.8) is 0 Å². The van der Waals surface area contributed by atoms with Crippen molar-refractivity contribution >= 4 is 36.6 Å². The average Bonchev–Trinajstić information content (AvgIpc) is 2.43. The molecule has 0 spiro atoms. The fourth-order valence-corrected chi connectivity index (χ4v) is 2.95. The van der Waals surface area contributed by atoms with Gasteiger partial charge >= 0.3 is 0 Å². The molecule has 0 aliphatic heterocycles. The van der Waals surface area contributed by atoms with E-state index in [1.165, 1.54) is 11.1 Å². The van der Waals surface area contributed by atoms with E-state index in [-0.39, 0.29) is 24.8 Å². The van der Waals surface area contributed by atoms with Gasteiger partial charge in [0, 0.05) is 23.7 Å². The van der Waals surface area contributed by atoms with Crippen LogP contribution in [0.4, 0.5) is 0 Å². The van der Waals surface area contributed by atoms with Gasteiger partial charge in [0.2, 0.25) is 0 Å². The monoisotopic (exact) mass is 373 g/mol. The summed E-state index contributed by atoms with van der Waals surface area (Å²) in [6.45, 7) is 8.10. The number of thioether (sulfide) groups is 1. The molecule has 1 aromatic carbocycles. The summed E-state index contributed by atoms with van der Waals surface area (Å²) in [6, 6.07) is 10.7. The molecule has 0 aliphatic rings. The van der Waals surface area contributed by atoms with E-state index in [0.29, 0.717) is 0 Å². The molecule has 0 saturated carbocycles. The van der Waals surface area contributed by atoms with Crippen LogP contribution in [0.2, 0.25) is 0 Å². The average molecular weight is 374 g/mol. The van der Waals surface area contributed by atoms with Gasteiger partial charge in [-0.3, -0.25) is 0 Å². The molecule has 23 heavy (non-hydrogen) atoms. The first-order chi connectivity index (χ1) is 10.1. The summed E-state index contributed by atoms with van der Waals surface area (Å²) in [5.74, 6) is 1.05. The van der Waals surface area contributed by atoms with E-state index in [2.05, 4.69) is 46.5 Å². The van der Waals surface area contributed by atoms with Crippen LogP contribution >= 0.6 is 36.6 Å². The molecule has 0 atom stereocenters. The number of nitrogens with one attached hydrogen (secondary N) is 1. The van der Waals surface area contributed by atoms with Gasteiger partial charge in [0.15, 0.2) is 5.16 Å². The Morgan fingerprint density at radius 2 is 1.57 bits per heavy atom. The molecule has 0 bridgehead atoms. The second kappa shape index (κ2) is 11.7. The van der Waals surface area contributed by atoms with Gasteiger partial charge in [-0.15, -0.1) is 24.8 Å². The SMILES string of the molecule is Cc1ccc(CNCCCSc2nc(C)cc(C)n2)cc1.Cl.Cl. The van der Waals surface area contributed by atoms with Crippen LogP contribution in [-0.2, 0) is 6.54 Å². The minimum atomic E-state index is 0. The minimum Gasteiger partial charge on any atom is -0.313 e. The zero-order valence-electron chi connectivity index (χ0n) is 13.8. The number of aromatic nitrogens is 2. The number of rotatable bonds is 7. The first-order valence-corrected chi connectivity index (χ1v) is 8.33. The third kappa shape index (κ3) is 8.56. The van der Waals surface area contributed by atoms with E-state index in [0.717, 1.165) is 41.8 Å². The maximum absolute atomic E-state index is 4.44. The van der Waals surface area contributed by atoms with E-state index in [1.54, 1.807) is 11.8 Å². The van der Waals surface area contributed by atoms with Gasteiger partial charge in [-0.05, 0) is 45.4 Å². The molecule has 1 N–H and O–H groups in total. The third-order valence-electron chi connectivity index (χ3n) is 3.14. The summed E-state index contributed by atoms with van der Waals surface area (Å²) >= 11 is 1.73. The summed E-state index contributed by atoms with van der Waals surface area (Å²) in [6.07, 6.45) is 1.12. The zero-order valence-corrected chi connectivity index (χ0v) is 16.3. The molecule has 0 fully saturated rings. The summed E-state index contributed by atoms with van der Waals surface area (Å²) in [5, 5.41) is 4.37. The van der Waals surface area contributed by atoms with E-state index in [9.17, 15) is 0 Å². The van der Waals surface area contributed by atoms with E-state index in [4.69, 9.17) is 0 Å². The Labute approximate surface area is 155 Å². The van der Waals surface area contributed by atoms with Crippen LogP contribution in [-0.4, -0.2) is 22.3 Å². The summed E-state index contributed by atoms with van der Waals surface area (Å²) < 4.78 is 0. The normalized spacial score (nSPS) is 9.87. The lowest BCUT2D eigenvalue weighted by molar-refractivity contribution is 0.678. The summed E-state index contributed by atoms with van der Waals surface area (Å²) in [4.78, 5) is 8.88. The molecule has 0 aliphatic carbocycles. The summed E-state index contributed by atoms with van der Waals surface area (Å²) in [5.41, 5.74) is 4.74. The maximum Gasteiger partial charge on any atom is 0.187 e. The largest absolute Gasteiger partial charge is 0.313 e. The van der Waals surface area contributed by atoms with Gasteiger partial charge < -0.3 is 5.32 Å². The molecule has 0 radical (unpaired) electrons. The van der Waals surface area contributed by atoms with Crippen LogP contribution in [0, 0.1) is 20.8 Å². The Kier molecular flexibility index (Phi) is 11.3. The smallest absolute Gasteiger partial charge is 0.187 e. The van der Waals surface area contributed by atoms with Crippen molar-refractivity contribution in [1.82, 2.24) is 15.3 Å². The van der Waals surface area contributed by atoms with E-state index in [1.807, 2.05) is 19.9 Å². The lowest BCUT2D eigenvalue weighted by Crippen LogP contribution is -2.15. The highest BCUT2D eigenvalue weighted by Gasteiger charge is 2.00. The predicted octanol–water partition coefficient (Wildman–Crippen LogP) is 4.52. The van der Waals surface area contributed by atoms with Crippen molar-refractivity contribution in [2.75, 3.05) is 12.3 Å². The lowest BCUT2D eigenvalue weighted by atomic mass is 10.1. The number of hydrogen-bond acceptors (Lipinski definition) is 4.